The summed E-state index contributed by atoms with van der Waals surface area (Å²) in [4.78, 5) is 16.8. The van der Waals surface area contributed by atoms with E-state index in [4.69, 9.17) is 37.4 Å². The highest BCUT2D eigenvalue weighted by Gasteiger charge is 2.25. The molecule has 3 aromatic carbocycles. The lowest BCUT2D eigenvalue weighted by Gasteiger charge is -2.15. The molecular formula is C25H17Br2Cl2NO4. The van der Waals surface area contributed by atoms with Crippen LogP contribution in [0.2, 0.25) is 10.0 Å². The van der Waals surface area contributed by atoms with Gasteiger partial charge in [-0.05, 0) is 82.5 Å². The second kappa shape index (κ2) is 11.0. The molecule has 0 spiro atoms. The Bertz CT molecular complexity index is 1320. The summed E-state index contributed by atoms with van der Waals surface area (Å²) in [5.74, 6) is 0.703. The van der Waals surface area contributed by atoms with Gasteiger partial charge in [-0.15, -0.1) is 0 Å². The molecule has 0 saturated carbocycles. The maximum atomic E-state index is 12.4. The summed E-state index contributed by atoms with van der Waals surface area (Å²) >= 11 is 19.1. The second-order valence-electron chi connectivity index (χ2n) is 7.15. The second-order valence-corrected chi connectivity index (χ2v) is 9.73. The van der Waals surface area contributed by atoms with Gasteiger partial charge < -0.3 is 14.2 Å². The van der Waals surface area contributed by atoms with Gasteiger partial charge in [0.1, 0.15) is 6.61 Å². The minimum Gasteiger partial charge on any atom is -0.490 e. The van der Waals surface area contributed by atoms with Crippen LogP contribution in [0.25, 0.3) is 6.08 Å². The van der Waals surface area contributed by atoms with Crippen molar-refractivity contribution in [3.8, 4) is 11.5 Å². The number of hydrogen-bond acceptors (Lipinski definition) is 5. The van der Waals surface area contributed by atoms with E-state index in [1.165, 1.54) is 0 Å². The quantitative estimate of drug-likeness (QED) is 0.198. The van der Waals surface area contributed by atoms with Crippen LogP contribution in [0.1, 0.15) is 23.6 Å². The van der Waals surface area contributed by atoms with Crippen LogP contribution in [-0.4, -0.2) is 18.5 Å². The topological polar surface area (TPSA) is 57.1 Å². The SMILES string of the molecule is CCOc1cc(/C=C2\N=C(c3ccc(Cl)c(Cl)c3)OC2=O)cc(Br)c1OCc1cccc(Br)c1. The minimum absolute atomic E-state index is 0.151. The summed E-state index contributed by atoms with van der Waals surface area (Å²) in [7, 11) is 0. The summed E-state index contributed by atoms with van der Waals surface area (Å²) in [6.07, 6.45) is 1.62. The van der Waals surface area contributed by atoms with Gasteiger partial charge >= 0.3 is 5.97 Å². The maximum Gasteiger partial charge on any atom is 0.363 e. The van der Waals surface area contributed by atoms with Gasteiger partial charge in [-0.2, -0.15) is 0 Å². The Balaban J connectivity index is 1.61. The molecule has 3 aromatic rings. The highest BCUT2D eigenvalue weighted by atomic mass is 79.9. The van der Waals surface area contributed by atoms with E-state index < -0.39 is 5.97 Å². The molecule has 1 heterocycles. The van der Waals surface area contributed by atoms with Gasteiger partial charge in [0.05, 0.1) is 21.1 Å². The number of hydrogen-bond donors (Lipinski definition) is 0. The summed E-state index contributed by atoms with van der Waals surface area (Å²) in [5, 5.41) is 0.751. The number of carbonyl (C=O) groups is 1. The molecule has 0 fully saturated rings. The summed E-state index contributed by atoms with van der Waals surface area (Å²) in [6.45, 7) is 2.70. The number of nitrogens with zero attached hydrogens (tertiary/aromatic N) is 1. The third-order valence-electron chi connectivity index (χ3n) is 4.69. The lowest BCUT2D eigenvalue weighted by Crippen LogP contribution is -2.05. The van der Waals surface area contributed by atoms with Gasteiger partial charge in [0.25, 0.3) is 0 Å². The molecule has 0 radical (unpaired) electrons. The highest BCUT2D eigenvalue weighted by Crippen LogP contribution is 2.38. The number of cyclic esters (lactones) is 1. The van der Waals surface area contributed by atoms with Crippen LogP contribution in [0.5, 0.6) is 11.5 Å². The van der Waals surface area contributed by atoms with Crippen molar-refractivity contribution >= 4 is 73.0 Å². The molecule has 1 aliphatic heterocycles. The molecule has 0 amide bonds. The van der Waals surface area contributed by atoms with Gasteiger partial charge in [0, 0.05) is 10.0 Å². The maximum absolute atomic E-state index is 12.4. The number of aliphatic imine (C=N–C) groups is 1. The standard InChI is InChI=1S/C25H17Br2Cl2NO4/c1-2-32-22-11-15(9-18(27)23(22)33-13-14-4-3-5-17(26)8-14)10-21-25(31)34-24(30-21)16-6-7-19(28)20(29)12-16/h3-12H,2,13H2,1H3/b21-10-. The number of benzene rings is 3. The average molecular weight is 626 g/mol. The Kier molecular flexibility index (Phi) is 7.99. The molecule has 9 heteroatoms. The van der Waals surface area contributed by atoms with Crippen LogP contribution >= 0.6 is 55.1 Å². The van der Waals surface area contributed by atoms with Crippen LogP contribution in [0, 0.1) is 0 Å². The molecule has 174 valence electrons. The van der Waals surface area contributed by atoms with Crippen molar-refractivity contribution < 1.29 is 19.0 Å². The van der Waals surface area contributed by atoms with E-state index in [0.29, 0.717) is 50.4 Å². The zero-order chi connectivity index (χ0) is 24.2. The summed E-state index contributed by atoms with van der Waals surface area (Å²) in [5.41, 5.74) is 2.40. The first-order valence-corrected chi connectivity index (χ1v) is 12.5. The Labute approximate surface area is 223 Å². The van der Waals surface area contributed by atoms with E-state index >= 15 is 0 Å². The molecule has 34 heavy (non-hydrogen) atoms. The van der Waals surface area contributed by atoms with E-state index in [1.54, 1.807) is 30.3 Å². The Morgan fingerprint density at radius 2 is 1.85 bits per heavy atom. The molecule has 0 saturated heterocycles. The minimum atomic E-state index is -0.565. The van der Waals surface area contributed by atoms with Gasteiger partial charge in [-0.1, -0.05) is 51.3 Å². The van der Waals surface area contributed by atoms with Crippen LogP contribution in [-0.2, 0) is 16.1 Å². The van der Waals surface area contributed by atoms with E-state index in [0.717, 1.165) is 10.0 Å². The van der Waals surface area contributed by atoms with Crippen molar-refractivity contribution in [1.82, 2.24) is 0 Å². The largest absolute Gasteiger partial charge is 0.490 e. The van der Waals surface area contributed by atoms with E-state index in [9.17, 15) is 4.79 Å². The first-order chi connectivity index (χ1) is 16.3. The van der Waals surface area contributed by atoms with Crippen LogP contribution in [0.3, 0.4) is 0 Å². The highest BCUT2D eigenvalue weighted by molar-refractivity contribution is 9.10. The van der Waals surface area contributed by atoms with Gasteiger partial charge in [-0.3, -0.25) is 0 Å². The number of halogens is 4. The molecule has 0 bridgehead atoms. The molecule has 0 aliphatic carbocycles. The Hall–Kier alpha value is -2.32. The Morgan fingerprint density at radius 3 is 2.59 bits per heavy atom. The van der Waals surface area contributed by atoms with Crippen molar-refractivity contribution in [3.05, 3.63) is 96.0 Å². The van der Waals surface area contributed by atoms with Crippen LogP contribution in [0.4, 0.5) is 0 Å². The average Bonchev–Trinajstić information content (AvgIpc) is 3.15. The molecule has 5 nitrogen and oxygen atoms in total. The lowest BCUT2D eigenvalue weighted by molar-refractivity contribution is -0.129. The molecule has 0 aromatic heterocycles. The number of carbonyl (C=O) groups excluding carboxylic acids is 1. The third kappa shape index (κ3) is 5.84. The lowest BCUT2D eigenvalue weighted by atomic mass is 10.1. The van der Waals surface area contributed by atoms with Gasteiger partial charge in [0.15, 0.2) is 17.2 Å². The first-order valence-electron chi connectivity index (χ1n) is 10.2. The summed E-state index contributed by atoms with van der Waals surface area (Å²) < 4.78 is 18.8. The molecule has 0 atom stereocenters. The van der Waals surface area contributed by atoms with Crippen LogP contribution < -0.4 is 9.47 Å². The first kappa shape index (κ1) is 24.8. The van der Waals surface area contributed by atoms with Gasteiger partial charge in [-0.25, -0.2) is 9.79 Å². The van der Waals surface area contributed by atoms with Crippen molar-refractivity contribution in [2.24, 2.45) is 4.99 Å². The van der Waals surface area contributed by atoms with Gasteiger partial charge in [0.2, 0.25) is 5.90 Å². The smallest absolute Gasteiger partial charge is 0.363 e. The summed E-state index contributed by atoms with van der Waals surface area (Å²) in [6, 6.07) is 16.4. The molecule has 1 aliphatic rings. The van der Waals surface area contributed by atoms with Crippen molar-refractivity contribution in [2.45, 2.75) is 13.5 Å². The predicted octanol–water partition coefficient (Wildman–Crippen LogP) is 7.84. The predicted molar refractivity (Wildman–Crippen MR) is 141 cm³/mol. The number of rotatable bonds is 7. The zero-order valence-corrected chi connectivity index (χ0v) is 22.5. The van der Waals surface area contributed by atoms with E-state index in [2.05, 4.69) is 36.9 Å². The van der Waals surface area contributed by atoms with Crippen molar-refractivity contribution in [1.29, 1.82) is 0 Å². The zero-order valence-electron chi connectivity index (χ0n) is 17.8. The molecule has 4 rings (SSSR count). The third-order valence-corrected chi connectivity index (χ3v) is 6.52. The fourth-order valence-corrected chi connectivity index (χ4v) is 4.50. The molecule has 0 N–H and O–H groups in total. The van der Waals surface area contributed by atoms with Crippen LogP contribution in [0.15, 0.2) is 74.2 Å². The fourth-order valence-electron chi connectivity index (χ4n) is 3.18. The monoisotopic (exact) mass is 623 g/mol. The molecular weight excluding hydrogens is 609 g/mol. The van der Waals surface area contributed by atoms with Crippen molar-refractivity contribution in [2.75, 3.05) is 6.61 Å². The van der Waals surface area contributed by atoms with E-state index in [1.807, 2.05) is 37.3 Å². The Morgan fingerprint density at radius 1 is 1.03 bits per heavy atom. The number of ether oxygens (including phenoxy) is 3. The van der Waals surface area contributed by atoms with E-state index in [-0.39, 0.29) is 11.6 Å². The normalized spacial score (nSPS) is 14.2. The van der Waals surface area contributed by atoms with Crippen molar-refractivity contribution in [3.63, 3.8) is 0 Å². The molecule has 0 unspecified atom stereocenters. The number of esters is 1. The fraction of sp³-hybridized carbons (Fsp3) is 0.120.